The van der Waals surface area contributed by atoms with Crippen molar-refractivity contribution in [3.8, 4) is 12.1 Å². The summed E-state index contributed by atoms with van der Waals surface area (Å²) in [5, 5.41) is 21.9. The Bertz CT molecular complexity index is 593. The molecule has 0 saturated carbocycles. The van der Waals surface area contributed by atoms with Crippen molar-refractivity contribution in [3.05, 3.63) is 35.7 Å². The first-order valence-corrected chi connectivity index (χ1v) is 5.11. The molecule has 0 aromatic carbocycles. The Hall–Kier alpha value is -2.60. The third kappa shape index (κ3) is 2.01. The molecule has 2 rings (SSSR count). The average molecular weight is 226 g/mol. The van der Waals surface area contributed by atoms with E-state index in [1.807, 2.05) is 24.4 Å². The molecule has 0 spiro atoms. The maximum absolute atomic E-state index is 9.02. The van der Waals surface area contributed by atoms with Crippen LogP contribution in [0.15, 0.2) is 18.5 Å². The van der Waals surface area contributed by atoms with Crippen molar-refractivity contribution in [1.29, 1.82) is 10.5 Å². The van der Waals surface area contributed by atoms with E-state index in [2.05, 4.69) is 10.1 Å². The van der Waals surface area contributed by atoms with E-state index < -0.39 is 0 Å². The molecule has 84 valence electrons. The van der Waals surface area contributed by atoms with Gasteiger partial charge in [-0.15, -0.1) is 0 Å². The van der Waals surface area contributed by atoms with Crippen LogP contribution in [0.5, 0.6) is 0 Å². The molecule has 0 amide bonds. The van der Waals surface area contributed by atoms with Gasteiger partial charge in [0.2, 0.25) is 0 Å². The number of aryl methyl sites for hydroxylation is 2. The van der Waals surface area contributed by atoms with E-state index >= 15 is 0 Å². The molecule has 0 aliphatic rings. The van der Waals surface area contributed by atoms with E-state index in [4.69, 9.17) is 10.5 Å². The largest absolute Gasteiger partial charge is 0.317 e. The van der Waals surface area contributed by atoms with Gasteiger partial charge < -0.3 is 4.57 Å². The fourth-order valence-electron chi connectivity index (χ4n) is 1.66. The highest BCUT2D eigenvalue weighted by Gasteiger charge is 2.13. The van der Waals surface area contributed by atoms with Crippen LogP contribution in [-0.2, 0) is 13.1 Å². The number of imidazole rings is 1. The van der Waals surface area contributed by atoms with Gasteiger partial charge in [-0.25, -0.2) is 4.98 Å². The van der Waals surface area contributed by atoms with Crippen LogP contribution in [0.3, 0.4) is 0 Å². The minimum absolute atomic E-state index is 0.186. The molecule has 2 heterocycles. The predicted octanol–water partition coefficient (Wildman–Crippen LogP) is 0.832. The standard InChI is InChI=1S/C11H10N6/c1-9-15-10(7-12)11(8-13)17(9)6-5-16-4-2-3-14-16/h2-4H,5-6H2,1H3. The highest BCUT2D eigenvalue weighted by molar-refractivity contribution is 5.37. The zero-order valence-electron chi connectivity index (χ0n) is 9.33. The molecule has 0 N–H and O–H groups in total. The molecule has 0 atom stereocenters. The minimum Gasteiger partial charge on any atom is -0.317 e. The lowest BCUT2D eigenvalue weighted by Crippen LogP contribution is -2.10. The van der Waals surface area contributed by atoms with E-state index in [9.17, 15) is 0 Å². The van der Waals surface area contributed by atoms with Crippen molar-refractivity contribution in [2.45, 2.75) is 20.0 Å². The molecule has 6 heteroatoms. The summed E-state index contributed by atoms with van der Waals surface area (Å²) >= 11 is 0. The highest BCUT2D eigenvalue weighted by atomic mass is 15.3. The van der Waals surface area contributed by atoms with Crippen LogP contribution < -0.4 is 0 Å². The number of hydrogen-bond acceptors (Lipinski definition) is 4. The van der Waals surface area contributed by atoms with Gasteiger partial charge in [-0.1, -0.05) is 0 Å². The van der Waals surface area contributed by atoms with Crippen LogP contribution in [0.1, 0.15) is 17.2 Å². The Kier molecular flexibility index (Phi) is 2.89. The SMILES string of the molecule is Cc1nc(C#N)c(C#N)n1CCn1cccn1. The summed E-state index contributed by atoms with van der Waals surface area (Å²) in [7, 11) is 0. The van der Waals surface area contributed by atoms with Crippen molar-refractivity contribution < 1.29 is 0 Å². The van der Waals surface area contributed by atoms with Gasteiger partial charge in [0.1, 0.15) is 18.0 Å². The number of hydrogen-bond donors (Lipinski definition) is 0. The minimum atomic E-state index is 0.186. The lowest BCUT2D eigenvalue weighted by molar-refractivity contribution is 0.523. The Morgan fingerprint density at radius 3 is 2.71 bits per heavy atom. The molecule has 0 unspecified atom stereocenters. The van der Waals surface area contributed by atoms with E-state index in [1.165, 1.54) is 0 Å². The van der Waals surface area contributed by atoms with Gasteiger partial charge in [-0.05, 0) is 13.0 Å². The summed E-state index contributed by atoms with van der Waals surface area (Å²) in [6.07, 6.45) is 3.55. The highest BCUT2D eigenvalue weighted by Crippen LogP contribution is 2.09. The maximum atomic E-state index is 9.02. The van der Waals surface area contributed by atoms with Crippen LogP contribution in [0.2, 0.25) is 0 Å². The third-order valence-corrected chi connectivity index (χ3v) is 2.48. The molecule has 0 fully saturated rings. The van der Waals surface area contributed by atoms with Gasteiger partial charge >= 0.3 is 0 Å². The fraction of sp³-hybridized carbons (Fsp3) is 0.273. The fourth-order valence-corrected chi connectivity index (χ4v) is 1.66. The molecule has 2 aromatic heterocycles. The molecule has 0 aliphatic heterocycles. The first kappa shape index (κ1) is 10.9. The molecule has 2 aromatic rings. The predicted molar refractivity (Wildman–Crippen MR) is 58.6 cm³/mol. The molecule has 0 aliphatic carbocycles. The summed E-state index contributed by atoms with van der Waals surface area (Å²) in [6, 6.07) is 5.78. The lowest BCUT2D eigenvalue weighted by atomic mass is 10.3. The molecule has 0 radical (unpaired) electrons. The van der Waals surface area contributed by atoms with Gasteiger partial charge in [0.05, 0.1) is 6.54 Å². The number of rotatable bonds is 3. The van der Waals surface area contributed by atoms with Gasteiger partial charge in [0, 0.05) is 18.9 Å². The second-order valence-electron chi connectivity index (χ2n) is 3.50. The van der Waals surface area contributed by atoms with E-state index in [0.29, 0.717) is 24.6 Å². The van der Waals surface area contributed by atoms with Crippen molar-refractivity contribution in [1.82, 2.24) is 19.3 Å². The van der Waals surface area contributed by atoms with Crippen LogP contribution in [0, 0.1) is 29.6 Å². The van der Waals surface area contributed by atoms with Crippen LogP contribution >= 0.6 is 0 Å². The van der Waals surface area contributed by atoms with Gasteiger partial charge in [-0.2, -0.15) is 15.6 Å². The van der Waals surface area contributed by atoms with E-state index in [-0.39, 0.29) is 5.69 Å². The van der Waals surface area contributed by atoms with Crippen LogP contribution in [0.4, 0.5) is 0 Å². The Labute approximate surface area is 98.3 Å². The van der Waals surface area contributed by atoms with Crippen molar-refractivity contribution in [3.63, 3.8) is 0 Å². The maximum Gasteiger partial charge on any atom is 0.177 e. The Balaban J connectivity index is 2.24. The normalized spacial score (nSPS) is 9.82. The monoisotopic (exact) mass is 226 g/mol. The second kappa shape index (κ2) is 4.50. The second-order valence-corrected chi connectivity index (χ2v) is 3.50. The number of nitrogens with zero attached hydrogens (tertiary/aromatic N) is 6. The van der Waals surface area contributed by atoms with Crippen LogP contribution in [-0.4, -0.2) is 19.3 Å². The zero-order chi connectivity index (χ0) is 12.3. The van der Waals surface area contributed by atoms with E-state index in [0.717, 1.165) is 0 Å². The summed E-state index contributed by atoms with van der Waals surface area (Å²) < 4.78 is 3.51. The van der Waals surface area contributed by atoms with Crippen molar-refractivity contribution in [2.24, 2.45) is 0 Å². The quantitative estimate of drug-likeness (QED) is 0.776. The third-order valence-electron chi connectivity index (χ3n) is 2.48. The Morgan fingerprint density at radius 2 is 2.12 bits per heavy atom. The first-order chi connectivity index (χ1) is 8.26. The average Bonchev–Trinajstić information content (AvgIpc) is 2.93. The zero-order valence-corrected chi connectivity index (χ0v) is 9.33. The van der Waals surface area contributed by atoms with Crippen molar-refractivity contribution in [2.75, 3.05) is 0 Å². The molecule has 0 bridgehead atoms. The van der Waals surface area contributed by atoms with E-state index in [1.54, 1.807) is 22.4 Å². The Morgan fingerprint density at radius 1 is 1.29 bits per heavy atom. The smallest absolute Gasteiger partial charge is 0.177 e. The van der Waals surface area contributed by atoms with Gasteiger partial charge in [0.25, 0.3) is 0 Å². The topological polar surface area (TPSA) is 83.2 Å². The number of nitriles is 2. The lowest BCUT2D eigenvalue weighted by Gasteiger charge is -2.06. The molecular formula is C11H10N6. The molecule has 6 nitrogen and oxygen atoms in total. The van der Waals surface area contributed by atoms with Crippen molar-refractivity contribution >= 4 is 0 Å². The summed E-state index contributed by atoms with van der Waals surface area (Å²) in [6.45, 7) is 3.00. The number of aromatic nitrogens is 4. The summed E-state index contributed by atoms with van der Waals surface area (Å²) in [4.78, 5) is 4.05. The molecule has 17 heavy (non-hydrogen) atoms. The van der Waals surface area contributed by atoms with Gasteiger partial charge in [0.15, 0.2) is 11.4 Å². The molecular weight excluding hydrogens is 216 g/mol. The first-order valence-electron chi connectivity index (χ1n) is 5.11. The summed E-state index contributed by atoms with van der Waals surface area (Å²) in [5.74, 6) is 0.672. The van der Waals surface area contributed by atoms with Crippen LogP contribution in [0.25, 0.3) is 0 Å². The van der Waals surface area contributed by atoms with Gasteiger partial charge in [-0.3, -0.25) is 4.68 Å². The molecule has 0 saturated heterocycles. The summed E-state index contributed by atoms with van der Waals surface area (Å²) in [5.41, 5.74) is 0.502.